The van der Waals surface area contributed by atoms with Crippen molar-refractivity contribution in [1.82, 2.24) is 0 Å². The lowest BCUT2D eigenvalue weighted by Gasteiger charge is -2.12. The summed E-state index contributed by atoms with van der Waals surface area (Å²) in [7, 11) is 0. The van der Waals surface area contributed by atoms with Crippen LogP contribution in [-0.2, 0) is 5.67 Å². The van der Waals surface area contributed by atoms with Crippen molar-refractivity contribution in [2.45, 2.75) is 12.6 Å². The van der Waals surface area contributed by atoms with E-state index in [9.17, 15) is 4.39 Å². The number of hydrogen-bond acceptors (Lipinski definition) is 2. The first-order chi connectivity index (χ1) is 5.06. The molecule has 1 aromatic heterocycles. The van der Waals surface area contributed by atoms with Crippen LogP contribution in [0.3, 0.4) is 0 Å². The minimum Gasteiger partial charge on any atom is -0.446 e. The average Bonchev–Trinajstić information content (AvgIpc) is 2.36. The van der Waals surface area contributed by atoms with E-state index < -0.39 is 12.3 Å². The first kappa shape index (κ1) is 8.56. The molecule has 1 heterocycles. The second kappa shape index (κ2) is 2.83. The van der Waals surface area contributed by atoms with Crippen LogP contribution in [0, 0.1) is 0 Å². The standard InChI is InChI=1S/C7H8ClFO2/c1-7(9,4-10)5-2-3-6(8)11-5/h2-3,10H,4H2,1H3. The van der Waals surface area contributed by atoms with E-state index in [1.54, 1.807) is 0 Å². The normalized spacial score (nSPS) is 16.4. The van der Waals surface area contributed by atoms with Crippen LogP contribution in [-0.4, -0.2) is 11.7 Å². The Labute approximate surface area is 68.6 Å². The Morgan fingerprint density at radius 1 is 1.73 bits per heavy atom. The van der Waals surface area contributed by atoms with Gasteiger partial charge in [-0.25, -0.2) is 4.39 Å². The van der Waals surface area contributed by atoms with Crippen LogP contribution >= 0.6 is 11.6 Å². The van der Waals surface area contributed by atoms with Crippen molar-refractivity contribution >= 4 is 11.6 Å². The van der Waals surface area contributed by atoms with E-state index in [-0.39, 0.29) is 11.0 Å². The maximum absolute atomic E-state index is 13.2. The van der Waals surface area contributed by atoms with Crippen LogP contribution in [0.2, 0.25) is 5.22 Å². The lowest BCUT2D eigenvalue weighted by molar-refractivity contribution is 0.0656. The van der Waals surface area contributed by atoms with Crippen molar-refractivity contribution in [3.05, 3.63) is 23.1 Å². The molecule has 0 spiro atoms. The van der Waals surface area contributed by atoms with E-state index in [2.05, 4.69) is 0 Å². The highest BCUT2D eigenvalue weighted by molar-refractivity contribution is 6.28. The summed E-state index contributed by atoms with van der Waals surface area (Å²) in [6.45, 7) is 0.610. The van der Waals surface area contributed by atoms with E-state index in [0.717, 1.165) is 0 Å². The van der Waals surface area contributed by atoms with Crippen molar-refractivity contribution in [3.63, 3.8) is 0 Å². The third-order valence-corrected chi connectivity index (χ3v) is 1.59. The van der Waals surface area contributed by atoms with E-state index in [1.807, 2.05) is 0 Å². The van der Waals surface area contributed by atoms with Crippen LogP contribution in [0.4, 0.5) is 4.39 Å². The number of halogens is 2. The van der Waals surface area contributed by atoms with Gasteiger partial charge in [0.15, 0.2) is 10.9 Å². The molecule has 4 heteroatoms. The predicted molar refractivity (Wildman–Crippen MR) is 39.3 cm³/mol. The van der Waals surface area contributed by atoms with E-state index in [0.29, 0.717) is 0 Å². The second-order valence-corrected chi connectivity index (χ2v) is 2.83. The zero-order chi connectivity index (χ0) is 8.48. The van der Waals surface area contributed by atoms with E-state index >= 15 is 0 Å². The number of aliphatic hydroxyl groups is 1. The van der Waals surface area contributed by atoms with Crippen molar-refractivity contribution < 1.29 is 13.9 Å². The molecule has 1 rings (SSSR count). The number of hydrogen-bond donors (Lipinski definition) is 1. The molecule has 11 heavy (non-hydrogen) atoms. The van der Waals surface area contributed by atoms with Gasteiger partial charge in [-0.2, -0.15) is 0 Å². The van der Waals surface area contributed by atoms with Gasteiger partial charge in [-0.3, -0.25) is 0 Å². The van der Waals surface area contributed by atoms with Crippen LogP contribution in [0.1, 0.15) is 12.7 Å². The molecule has 2 nitrogen and oxygen atoms in total. The first-order valence-electron chi connectivity index (χ1n) is 3.12. The third kappa shape index (κ3) is 1.73. The van der Waals surface area contributed by atoms with Gasteiger partial charge < -0.3 is 9.52 Å². The Hall–Kier alpha value is -0.540. The zero-order valence-electron chi connectivity index (χ0n) is 5.97. The van der Waals surface area contributed by atoms with Gasteiger partial charge >= 0.3 is 0 Å². The first-order valence-corrected chi connectivity index (χ1v) is 3.49. The Bertz CT molecular complexity index is 244. The molecule has 1 N–H and O–H groups in total. The number of furan rings is 1. The van der Waals surface area contributed by atoms with Crippen LogP contribution < -0.4 is 0 Å². The molecule has 1 atom stereocenters. The summed E-state index contributed by atoms with van der Waals surface area (Å²) in [4.78, 5) is 0. The summed E-state index contributed by atoms with van der Waals surface area (Å²) in [6, 6.07) is 2.84. The van der Waals surface area contributed by atoms with Crippen LogP contribution in [0.15, 0.2) is 16.5 Å². The maximum atomic E-state index is 13.2. The molecule has 0 aromatic carbocycles. The highest BCUT2D eigenvalue weighted by atomic mass is 35.5. The molecule has 1 aromatic rings. The molecule has 1 unspecified atom stereocenters. The van der Waals surface area contributed by atoms with Crippen molar-refractivity contribution in [2.24, 2.45) is 0 Å². The summed E-state index contributed by atoms with van der Waals surface area (Å²) >= 11 is 5.41. The topological polar surface area (TPSA) is 33.4 Å². The second-order valence-electron chi connectivity index (χ2n) is 2.46. The van der Waals surface area contributed by atoms with Crippen molar-refractivity contribution in [1.29, 1.82) is 0 Å². The maximum Gasteiger partial charge on any atom is 0.193 e. The molecule has 0 radical (unpaired) electrons. The highest BCUT2D eigenvalue weighted by Crippen LogP contribution is 2.27. The van der Waals surface area contributed by atoms with Crippen molar-refractivity contribution in [2.75, 3.05) is 6.61 Å². The summed E-state index contributed by atoms with van der Waals surface area (Å²) in [6.07, 6.45) is 0. The molecule has 0 saturated carbocycles. The summed E-state index contributed by atoms with van der Waals surface area (Å²) < 4.78 is 17.9. The number of rotatable bonds is 2. The predicted octanol–water partition coefficient (Wildman–Crippen LogP) is 2.11. The fourth-order valence-corrected chi connectivity index (χ4v) is 0.818. The lowest BCUT2D eigenvalue weighted by Crippen LogP contribution is -2.19. The summed E-state index contributed by atoms with van der Waals surface area (Å²) in [5.41, 5.74) is -1.84. The van der Waals surface area contributed by atoms with E-state index in [1.165, 1.54) is 19.1 Å². The van der Waals surface area contributed by atoms with Gasteiger partial charge in [-0.05, 0) is 30.7 Å². The highest BCUT2D eigenvalue weighted by Gasteiger charge is 2.28. The molecule has 0 bridgehead atoms. The van der Waals surface area contributed by atoms with Gasteiger partial charge in [0.05, 0.1) is 6.61 Å². The molecular weight excluding hydrogens is 171 g/mol. The van der Waals surface area contributed by atoms with Gasteiger partial charge in [-0.15, -0.1) is 0 Å². The molecule has 0 aliphatic heterocycles. The molecule has 62 valence electrons. The summed E-state index contributed by atoms with van der Waals surface area (Å²) in [5.74, 6) is 0.0463. The molecule has 0 aliphatic carbocycles. The van der Waals surface area contributed by atoms with Gasteiger partial charge in [0.2, 0.25) is 0 Å². The zero-order valence-corrected chi connectivity index (χ0v) is 6.73. The van der Waals surface area contributed by atoms with Crippen molar-refractivity contribution in [3.8, 4) is 0 Å². The fraction of sp³-hybridized carbons (Fsp3) is 0.429. The van der Waals surface area contributed by atoms with Crippen LogP contribution in [0.25, 0.3) is 0 Å². The summed E-state index contributed by atoms with van der Waals surface area (Å²) in [5, 5.41) is 8.70. The minimum atomic E-state index is -1.84. The SMILES string of the molecule is CC(F)(CO)c1ccc(Cl)o1. The average molecular weight is 179 g/mol. The lowest BCUT2D eigenvalue weighted by atomic mass is 10.1. The number of aliphatic hydroxyl groups excluding tert-OH is 1. The molecule has 0 aliphatic rings. The Kier molecular flexibility index (Phi) is 2.20. The monoisotopic (exact) mass is 178 g/mol. The molecular formula is C7H8ClFO2. The van der Waals surface area contributed by atoms with Gasteiger partial charge in [0, 0.05) is 0 Å². The Morgan fingerprint density at radius 3 is 2.73 bits per heavy atom. The largest absolute Gasteiger partial charge is 0.446 e. The molecule has 0 amide bonds. The van der Waals surface area contributed by atoms with E-state index in [4.69, 9.17) is 21.1 Å². The Morgan fingerprint density at radius 2 is 2.36 bits per heavy atom. The minimum absolute atomic E-state index is 0.0463. The molecule has 0 fully saturated rings. The van der Waals surface area contributed by atoms with Gasteiger partial charge in [0.1, 0.15) is 5.76 Å². The molecule has 0 saturated heterocycles. The van der Waals surface area contributed by atoms with Gasteiger partial charge in [0.25, 0.3) is 0 Å². The quantitative estimate of drug-likeness (QED) is 0.753. The van der Waals surface area contributed by atoms with Crippen LogP contribution in [0.5, 0.6) is 0 Å². The van der Waals surface area contributed by atoms with Gasteiger partial charge in [-0.1, -0.05) is 0 Å². The number of alkyl halides is 1. The third-order valence-electron chi connectivity index (χ3n) is 1.38. The smallest absolute Gasteiger partial charge is 0.193 e. The fourth-order valence-electron chi connectivity index (χ4n) is 0.672. The Balaban J connectivity index is 2.92.